The van der Waals surface area contributed by atoms with Crippen LogP contribution in [0.2, 0.25) is 0 Å². The zero-order chi connectivity index (χ0) is 8.32. The van der Waals surface area contributed by atoms with E-state index in [1.165, 1.54) is 0 Å². The highest BCUT2D eigenvalue weighted by molar-refractivity contribution is 4.94. The first-order valence-electron chi connectivity index (χ1n) is 4.16. The van der Waals surface area contributed by atoms with E-state index in [9.17, 15) is 5.11 Å². The van der Waals surface area contributed by atoms with Crippen molar-refractivity contribution >= 4 is 0 Å². The zero-order valence-corrected chi connectivity index (χ0v) is 7.26. The Morgan fingerprint density at radius 1 is 1.64 bits per heavy atom. The lowest BCUT2D eigenvalue weighted by atomic mass is 9.89. The van der Waals surface area contributed by atoms with Crippen molar-refractivity contribution in [2.75, 3.05) is 20.2 Å². The minimum Gasteiger partial charge on any atom is -0.387 e. The summed E-state index contributed by atoms with van der Waals surface area (Å²) in [6, 6.07) is 0. The van der Waals surface area contributed by atoms with Crippen molar-refractivity contribution in [2.45, 2.75) is 31.5 Å². The van der Waals surface area contributed by atoms with Crippen molar-refractivity contribution in [1.29, 1.82) is 0 Å². The second-order valence-electron chi connectivity index (χ2n) is 3.30. The van der Waals surface area contributed by atoms with Gasteiger partial charge in [0.1, 0.15) is 0 Å². The molecule has 0 aromatic carbocycles. The zero-order valence-electron chi connectivity index (χ0n) is 7.26. The van der Waals surface area contributed by atoms with Gasteiger partial charge in [-0.2, -0.15) is 0 Å². The summed E-state index contributed by atoms with van der Waals surface area (Å²) in [7, 11) is 1.70. The molecule has 3 nitrogen and oxygen atoms in total. The van der Waals surface area contributed by atoms with Crippen LogP contribution < -0.4 is 5.32 Å². The highest BCUT2D eigenvalue weighted by Gasteiger charge is 2.36. The summed E-state index contributed by atoms with van der Waals surface area (Å²) in [5, 5.41) is 12.7. The van der Waals surface area contributed by atoms with Gasteiger partial charge in [0, 0.05) is 26.6 Å². The molecule has 1 atom stereocenters. The third-order valence-electron chi connectivity index (χ3n) is 2.30. The maximum absolute atomic E-state index is 9.70. The molecule has 3 heteroatoms. The molecule has 1 unspecified atom stereocenters. The monoisotopic (exact) mass is 159 g/mol. The van der Waals surface area contributed by atoms with E-state index in [4.69, 9.17) is 4.74 Å². The van der Waals surface area contributed by atoms with E-state index in [1.807, 2.05) is 0 Å². The van der Waals surface area contributed by atoms with Crippen molar-refractivity contribution in [3.63, 3.8) is 0 Å². The number of aliphatic hydroxyl groups is 1. The lowest BCUT2D eigenvalue weighted by molar-refractivity contribution is -0.0585. The van der Waals surface area contributed by atoms with Crippen molar-refractivity contribution in [1.82, 2.24) is 5.32 Å². The number of β-amino-alcohol motifs (C(OH)–C–C–N with tert-alkyl or cyclic N) is 1. The van der Waals surface area contributed by atoms with Crippen LogP contribution in [0, 0.1) is 0 Å². The predicted molar refractivity (Wildman–Crippen MR) is 43.5 cm³/mol. The first-order valence-corrected chi connectivity index (χ1v) is 4.16. The fourth-order valence-electron chi connectivity index (χ4n) is 1.38. The molecule has 1 aliphatic heterocycles. The van der Waals surface area contributed by atoms with Gasteiger partial charge in [-0.15, -0.1) is 0 Å². The van der Waals surface area contributed by atoms with E-state index in [0.29, 0.717) is 13.1 Å². The summed E-state index contributed by atoms with van der Waals surface area (Å²) in [5.74, 6) is 0. The van der Waals surface area contributed by atoms with Crippen molar-refractivity contribution < 1.29 is 9.84 Å². The number of ether oxygens (including phenoxy) is 1. The summed E-state index contributed by atoms with van der Waals surface area (Å²) in [6.45, 7) is 3.50. The Labute approximate surface area is 67.7 Å². The molecular formula is C8H17NO2. The van der Waals surface area contributed by atoms with E-state index >= 15 is 0 Å². The SMILES string of the molecule is CCC(CC1(O)CNC1)OC. The van der Waals surface area contributed by atoms with Crippen LogP contribution in [0.15, 0.2) is 0 Å². The van der Waals surface area contributed by atoms with Crippen LogP contribution >= 0.6 is 0 Å². The van der Waals surface area contributed by atoms with Crippen molar-refractivity contribution in [3.05, 3.63) is 0 Å². The molecule has 1 saturated heterocycles. The van der Waals surface area contributed by atoms with E-state index in [1.54, 1.807) is 7.11 Å². The number of hydrogen-bond donors (Lipinski definition) is 2. The molecule has 0 aromatic heterocycles. The van der Waals surface area contributed by atoms with Crippen LogP contribution in [0.3, 0.4) is 0 Å². The third kappa shape index (κ3) is 2.15. The summed E-state index contributed by atoms with van der Waals surface area (Å²) in [6.07, 6.45) is 1.94. The van der Waals surface area contributed by atoms with E-state index < -0.39 is 5.60 Å². The summed E-state index contributed by atoms with van der Waals surface area (Å²) in [5.41, 5.74) is -0.489. The van der Waals surface area contributed by atoms with Crippen LogP contribution in [-0.4, -0.2) is 37.0 Å². The summed E-state index contributed by atoms with van der Waals surface area (Å²) >= 11 is 0. The maximum Gasteiger partial charge on any atom is 0.0919 e. The molecular weight excluding hydrogens is 142 g/mol. The van der Waals surface area contributed by atoms with E-state index in [2.05, 4.69) is 12.2 Å². The Kier molecular flexibility index (Phi) is 2.87. The normalized spacial score (nSPS) is 24.3. The van der Waals surface area contributed by atoms with Gasteiger partial charge < -0.3 is 15.2 Å². The molecule has 0 aliphatic carbocycles. The Hall–Kier alpha value is -0.120. The average Bonchev–Trinajstić information content (AvgIpc) is 1.97. The quantitative estimate of drug-likeness (QED) is 0.613. The van der Waals surface area contributed by atoms with Crippen LogP contribution in [0.25, 0.3) is 0 Å². The molecule has 1 fully saturated rings. The summed E-state index contributed by atoms with van der Waals surface area (Å²) in [4.78, 5) is 0. The Balaban J connectivity index is 2.27. The fourth-order valence-corrected chi connectivity index (χ4v) is 1.38. The largest absolute Gasteiger partial charge is 0.387 e. The van der Waals surface area contributed by atoms with Gasteiger partial charge in [-0.25, -0.2) is 0 Å². The first-order chi connectivity index (χ1) is 5.20. The second-order valence-corrected chi connectivity index (χ2v) is 3.30. The first kappa shape index (κ1) is 8.97. The van der Waals surface area contributed by atoms with Crippen molar-refractivity contribution in [2.24, 2.45) is 0 Å². The minimum absolute atomic E-state index is 0.210. The second kappa shape index (κ2) is 3.52. The predicted octanol–water partition coefficient (Wildman–Crippen LogP) is 0.136. The van der Waals surface area contributed by atoms with Gasteiger partial charge in [0.25, 0.3) is 0 Å². The summed E-state index contributed by atoms with van der Waals surface area (Å²) < 4.78 is 5.18. The van der Waals surface area contributed by atoms with Crippen LogP contribution in [0.1, 0.15) is 19.8 Å². The Morgan fingerprint density at radius 3 is 2.55 bits per heavy atom. The molecule has 0 aromatic rings. The van der Waals surface area contributed by atoms with Gasteiger partial charge in [-0.05, 0) is 6.42 Å². The average molecular weight is 159 g/mol. The van der Waals surface area contributed by atoms with Crippen LogP contribution in [0.5, 0.6) is 0 Å². The van der Waals surface area contributed by atoms with Gasteiger partial charge in [-0.3, -0.25) is 0 Å². The molecule has 1 aliphatic rings. The lowest BCUT2D eigenvalue weighted by Gasteiger charge is -2.39. The third-order valence-corrected chi connectivity index (χ3v) is 2.30. The Bertz CT molecular complexity index is 119. The Morgan fingerprint density at radius 2 is 2.27 bits per heavy atom. The highest BCUT2D eigenvalue weighted by Crippen LogP contribution is 2.20. The van der Waals surface area contributed by atoms with Gasteiger partial charge in [0.15, 0.2) is 0 Å². The smallest absolute Gasteiger partial charge is 0.0919 e. The van der Waals surface area contributed by atoms with Gasteiger partial charge >= 0.3 is 0 Å². The lowest BCUT2D eigenvalue weighted by Crippen LogP contribution is -2.60. The standard InChI is InChI=1S/C8H17NO2/c1-3-7(11-2)4-8(10)5-9-6-8/h7,9-10H,3-6H2,1-2H3. The van der Waals surface area contributed by atoms with Gasteiger partial charge in [-0.1, -0.05) is 6.92 Å². The molecule has 0 bridgehead atoms. The molecule has 1 heterocycles. The number of methoxy groups -OCH3 is 1. The van der Waals surface area contributed by atoms with Gasteiger partial charge in [0.2, 0.25) is 0 Å². The topological polar surface area (TPSA) is 41.5 Å². The van der Waals surface area contributed by atoms with Gasteiger partial charge in [0.05, 0.1) is 11.7 Å². The minimum atomic E-state index is -0.489. The van der Waals surface area contributed by atoms with E-state index in [-0.39, 0.29) is 6.10 Å². The molecule has 0 saturated carbocycles. The molecule has 11 heavy (non-hydrogen) atoms. The number of rotatable bonds is 4. The molecule has 66 valence electrons. The molecule has 1 rings (SSSR count). The van der Waals surface area contributed by atoms with Crippen LogP contribution in [-0.2, 0) is 4.74 Å². The fraction of sp³-hybridized carbons (Fsp3) is 1.00. The number of nitrogens with one attached hydrogen (secondary N) is 1. The number of hydrogen-bond acceptors (Lipinski definition) is 3. The van der Waals surface area contributed by atoms with Crippen molar-refractivity contribution in [3.8, 4) is 0 Å². The molecule has 0 amide bonds. The molecule has 0 spiro atoms. The highest BCUT2D eigenvalue weighted by atomic mass is 16.5. The van der Waals surface area contributed by atoms with E-state index in [0.717, 1.165) is 12.8 Å². The molecule has 2 N–H and O–H groups in total. The van der Waals surface area contributed by atoms with Crippen LogP contribution in [0.4, 0.5) is 0 Å². The maximum atomic E-state index is 9.70. The molecule has 0 radical (unpaired) electrons.